The summed E-state index contributed by atoms with van der Waals surface area (Å²) in [4.78, 5) is 37.6. The van der Waals surface area contributed by atoms with Crippen LogP contribution in [-0.2, 0) is 19.1 Å². The van der Waals surface area contributed by atoms with Crippen molar-refractivity contribution < 1.29 is 57.0 Å². The number of carbonyl (C=O) groups is 2. The number of nitrogens with zero attached hydrogens (tertiary/aromatic N) is 6. The second kappa shape index (κ2) is 18.9. The van der Waals surface area contributed by atoms with Crippen molar-refractivity contribution in [2.45, 2.75) is 88.5 Å². The zero-order valence-corrected chi connectivity index (χ0v) is 37.2. The quantitative estimate of drug-likeness (QED) is 0.112. The molecule has 8 rings (SSSR count). The molecule has 4 aliphatic rings. The predicted octanol–water partition coefficient (Wildman–Crippen LogP) is 5.61. The van der Waals surface area contributed by atoms with Crippen LogP contribution in [0.3, 0.4) is 0 Å². The first kappa shape index (κ1) is 43.9. The van der Waals surface area contributed by atoms with E-state index in [0.717, 1.165) is 22.3 Å². The van der Waals surface area contributed by atoms with E-state index in [-0.39, 0.29) is 35.7 Å². The minimum Gasteiger partial charge on any atom is -0.493 e. The second-order valence-corrected chi connectivity index (χ2v) is 15.6. The van der Waals surface area contributed by atoms with Gasteiger partial charge in [-0.2, -0.15) is 0 Å². The summed E-state index contributed by atoms with van der Waals surface area (Å²) in [5.41, 5.74) is 5.91. The maximum atomic E-state index is 13.6. The van der Waals surface area contributed by atoms with Gasteiger partial charge >= 0.3 is 11.9 Å². The Bertz CT molecular complexity index is 2310. The van der Waals surface area contributed by atoms with E-state index in [1.807, 2.05) is 38.1 Å². The number of ether oxygens (including phenoxy) is 10. The van der Waals surface area contributed by atoms with Crippen LogP contribution in [0.2, 0.25) is 0 Å². The van der Waals surface area contributed by atoms with E-state index in [2.05, 4.69) is 20.4 Å². The summed E-state index contributed by atoms with van der Waals surface area (Å²) in [6, 6.07) is 10.8. The van der Waals surface area contributed by atoms with Crippen LogP contribution in [0.1, 0.15) is 97.6 Å². The fraction of sp³-hybridized carbons (Fsp3) is 0.478. The van der Waals surface area contributed by atoms with E-state index < -0.39 is 24.1 Å². The van der Waals surface area contributed by atoms with Crippen molar-refractivity contribution in [3.05, 3.63) is 69.8 Å². The van der Waals surface area contributed by atoms with Crippen molar-refractivity contribution in [3.63, 3.8) is 0 Å². The molecule has 6 atom stereocenters. The third kappa shape index (κ3) is 8.40. The summed E-state index contributed by atoms with van der Waals surface area (Å²) >= 11 is 0. The summed E-state index contributed by atoms with van der Waals surface area (Å²) in [7, 11) is 9.24. The normalized spacial score (nSPS) is 21.8. The largest absolute Gasteiger partial charge is 0.493 e. The van der Waals surface area contributed by atoms with E-state index in [1.54, 1.807) is 26.4 Å². The number of aromatic nitrogens is 4. The maximum absolute atomic E-state index is 13.6. The zero-order valence-electron chi connectivity index (χ0n) is 37.2. The molecule has 2 aliphatic carbocycles. The number of methoxy groups -OCH3 is 6. The lowest BCUT2D eigenvalue weighted by molar-refractivity contribution is -0.176. The molecule has 18 nitrogen and oxygen atoms in total. The van der Waals surface area contributed by atoms with Gasteiger partial charge in [0.15, 0.2) is 23.0 Å². The molecule has 338 valence electrons. The molecule has 0 unspecified atom stereocenters. The molecule has 4 heterocycles. The number of rotatable bonds is 14. The molecule has 4 aromatic rings. The third-order valence-corrected chi connectivity index (χ3v) is 12.2. The third-order valence-electron chi connectivity index (χ3n) is 12.2. The standard InChI is InChI=1S/C46H52N6O12/c1-9-61-37-17-25-27-15-23(11-13-33(27)47-41(29(25)19-35(37)55-3)31-21-39(57-5)49-51-43(31)59-7)63-45(53)46(54)64-24-12-14-34-28(16-24)26-18-38(62-10-2)36(56-4)20-30(26)42(48-34)32-22-40(58-6)50-52-44(32)60-8/h17-24,27-28,33-34H,9-16H2,1-8H3/t23-,24-,27-,28-,33-,34-/m1/s1. The summed E-state index contributed by atoms with van der Waals surface area (Å²) in [6.07, 6.45) is 1.81. The van der Waals surface area contributed by atoms with Crippen molar-refractivity contribution in [1.29, 1.82) is 0 Å². The van der Waals surface area contributed by atoms with Crippen LogP contribution in [-0.4, -0.2) is 124 Å². The highest BCUT2D eigenvalue weighted by molar-refractivity contribution is 6.29. The number of esters is 2. The van der Waals surface area contributed by atoms with Crippen molar-refractivity contribution in [1.82, 2.24) is 20.4 Å². The average molecular weight is 881 g/mol. The Hall–Kier alpha value is -6.72. The van der Waals surface area contributed by atoms with Crippen molar-refractivity contribution in [3.8, 4) is 46.5 Å². The number of hydrogen-bond acceptors (Lipinski definition) is 18. The Labute approximate surface area is 370 Å². The Morgan fingerprint density at radius 2 is 0.922 bits per heavy atom. The van der Waals surface area contributed by atoms with Crippen LogP contribution in [0.15, 0.2) is 46.4 Å². The van der Waals surface area contributed by atoms with Crippen LogP contribution in [0, 0.1) is 0 Å². The molecule has 2 aromatic heterocycles. The highest BCUT2D eigenvalue weighted by Gasteiger charge is 2.43. The molecule has 64 heavy (non-hydrogen) atoms. The van der Waals surface area contributed by atoms with Gasteiger partial charge in [0.1, 0.15) is 12.2 Å². The monoisotopic (exact) mass is 880 g/mol. The minimum absolute atomic E-state index is 0.176. The molecule has 2 aliphatic heterocycles. The van der Waals surface area contributed by atoms with Crippen LogP contribution in [0.25, 0.3) is 0 Å². The van der Waals surface area contributed by atoms with Gasteiger partial charge in [0, 0.05) is 35.1 Å². The van der Waals surface area contributed by atoms with Crippen LogP contribution in [0.4, 0.5) is 0 Å². The van der Waals surface area contributed by atoms with Gasteiger partial charge in [-0.1, -0.05) is 0 Å². The first-order valence-electron chi connectivity index (χ1n) is 21.3. The van der Waals surface area contributed by atoms with E-state index in [0.29, 0.717) is 109 Å². The Kier molecular flexibility index (Phi) is 13.0. The van der Waals surface area contributed by atoms with Crippen molar-refractivity contribution in [2.24, 2.45) is 9.98 Å². The highest BCUT2D eigenvalue weighted by Crippen LogP contribution is 2.48. The van der Waals surface area contributed by atoms with E-state index in [4.69, 9.17) is 57.4 Å². The predicted molar refractivity (Wildman–Crippen MR) is 230 cm³/mol. The Morgan fingerprint density at radius 3 is 1.28 bits per heavy atom. The van der Waals surface area contributed by atoms with Gasteiger partial charge in [-0.15, -0.1) is 20.4 Å². The smallest absolute Gasteiger partial charge is 0.417 e. The molecule has 0 radical (unpaired) electrons. The fourth-order valence-corrected chi connectivity index (χ4v) is 9.32. The SMILES string of the molecule is CCOc1cc2c(cc1OC)C(c1cc(OC)nnc1OC)=N[C@@H]1CC[C@@H](OC(=O)C(=O)O[C@@H]3CC[C@H]4N=C(c5cc(OC)nnc5OC)c5cc(OC)c(OCC)cc5[C@H]4C3)C[C@H]21. The summed E-state index contributed by atoms with van der Waals surface area (Å²) in [5, 5.41) is 16.6. The van der Waals surface area contributed by atoms with Crippen molar-refractivity contribution >= 4 is 23.4 Å². The highest BCUT2D eigenvalue weighted by atomic mass is 16.6. The molecule has 0 bridgehead atoms. The maximum Gasteiger partial charge on any atom is 0.417 e. The Morgan fingerprint density at radius 1 is 0.500 bits per heavy atom. The molecule has 2 aromatic carbocycles. The van der Waals surface area contributed by atoms with E-state index in [1.165, 1.54) is 28.4 Å². The first-order valence-corrected chi connectivity index (χ1v) is 21.3. The number of hydrogen-bond donors (Lipinski definition) is 0. The lowest BCUT2D eigenvalue weighted by atomic mass is 9.74. The topological polar surface area (TPSA) is 203 Å². The minimum atomic E-state index is -1.03. The molecule has 0 N–H and O–H groups in total. The van der Waals surface area contributed by atoms with E-state index in [9.17, 15) is 9.59 Å². The molecular weight excluding hydrogens is 829 g/mol. The van der Waals surface area contributed by atoms with Crippen LogP contribution in [0.5, 0.6) is 46.5 Å². The fourth-order valence-electron chi connectivity index (χ4n) is 9.32. The van der Waals surface area contributed by atoms with Gasteiger partial charge in [-0.05, 0) is 87.8 Å². The first-order chi connectivity index (χ1) is 31.1. The molecule has 0 saturated heterocycles. The lowest BCUT2D eigenvalue weighted by Crippen LogP contribution is -2.39. The second-order valence-electron chi connectivity index (χ2n) is 15.6. The van der Waals surface area contributed by atoms with Gasteiger partial charge in [0.2, 0.25) is 23.5 Å². The summed E-state index contributed by atoms with van der Waals surface area (Å²) < 4.78 is 57.4. The van der Waals surface area contributed by atoms with Gasteiger partial charge < -0.3 is 47.4 Å². The molecule has 2 fully saturated rings. The summed E-state index contributed by atoms with van der Waals surface area (Å²) in [5.74, 6) is 0.971. The molecule has 18 heteroatoms. The number of carbonyl (C=O) groups excluding carboxylic acids is 2. The average Bonchev–Trinajstić information content (AvgIpc) is 3.32. The number of fused-ring (bicyclic) bond motifs is 6. The lowest BCUT2D eigenvalue weighted by Gasteiger charge is -2.39. The van der Waals surface area contributed by atoms with Gasteiger partial charge in [-0.25, -0.2) is 9.59 Å². The molecule has 0 spiro atoms. The molecular formula is C46H52N6O12. The van der Waals surface area contributed by atoms with Gasteiger partial charge in [-0.3, -0.25) is 9.98 Å². The Balaban J connectivity index is 1.01. The van der Waals surface area contributed by atoms with Gasteiger partial charge in [0.05, 0.1) is 90.5 Å². The van der Waals surface area contributed by atoms with Crippen molar-refractivity contribution in [2.75, 3.05) is 55.9 Å². The number of aliphatic imine (C=N–C) groups is 2. The van der Waals surface area contributed by atoms with Crippen LogP contribution < -0.4 is 37.9 Å². The zero-order chi connectivity index (χ0) is 45.1. The van der Waals surface area contributed by atoms with Crippen LogP contribution >= 0.6 is 0 Å². The van der Waals surface area contributed by atoms with E-state index >= 15 is 0 Å². The molecule has 0 amide bonds. The number of benzene rings is 2. The van der Waals surface area contributed by atoms with Gasteiger partial charge in [0.25, 0.3) is 0 Å². The summed E-state index contributed by atoms with van der Waals surface area (Å²) in [6.45, 7) is 4.65. The molecule has 2 saturated carbocycles.